The van der Waals surface area contributed by atoms with Crippen LogP contribution in [0.2, 0.25) is 0 Å². The number of nitrogens with zero attached hydrogens (tertiary/aromatic N) is 3. The Hall–Kier alpha value is -3.01. The Labute approximate surface area is 162 Å². The summed E-state index contributed by atoms with van der Waals surface area (Å²) in [5.74, 6) is -0.484. The Morgan fingerprint density at radius 3 is 2.75 bits per heavy atom. The number of aryl methyl sites for hydroxylation is 1. The van der Waals surface area contributed by atoms with Gasteiger partial charge in [0.15, 0.2) is 6.61 Å². The summed E-state index contributed by atoms with van der Waals surface area (Å²) in [4.78, 5) is 25.2. The molecule has 0 aromatic carbocycles. The van der Waals surface area contributed by atoms with Crippen molar-refractivity contribution < 1.29 is 22.7 Å². The van der Waals surface area contributed by atoms with Crippen LogP contribution in [0.25, 0.3) is 10.7 Å². The lowest BCUT2D eigenvalue weighted by Crippen LogP contribution is -2.23. The van der Waals surface area contributed by atoms with Gasteiger partial charge in [-0.05, 0) is 30.7 Å². The normalized spacial score (nSPS) is 11.3. The van der Waals surface area contributed by atoms with Gasteiger partial charge in [-0.2, -0.15) is 13.2 Å². The zero-order chi connectivity index (χ0) is 20.1. The van der Waals surface area contributed by atoms with Crippen LogP contribution in [0.3, 0.4) is 0 Å². The molecule has 0 aliphatic heterocycles. The first kappa shape index (κ1) is 19.7. The average molecular weight is 408 g/mol. The largest absolute Gasteiger partial charge is 0.468 e. The number of pyridine rings is 2. The molecule has 10 heteroatoms. The van der Waals surface area contributed by atoms with E-state index in [9.17, 15) is 18.0 Å². The van der Waals surface area contributed by atoms with Gasteiger partial charge < -0.3 is 10.1 Å². The molecule has 0 aliphatic rings. The first-order chi connectivity index (χ1) is 13.3. The number of amides is 1. The average Bonchev–Trinajstić information content (AvgIpc) is 3.07. The van der Waals surface area contributed by atoms with Crippen LogP contribution >= 0.6 is 11.3 Å². The van der Waals surface area contributed by atoms with Gasteiger partial charge in [-0.1, -0.05) is 6.07 Å². The second kappa shape index (κ2) is 8.34. The predicted octanol–water partition coefficient (Wildman–Crippen LogP) is 3.78. The lowest BCUT2D eigenvalue weighted by atomic mass is 10.2. The third-order valence-electron chi connectivity index (χ3n) is 3.52. The topological polar surface area (TPSA) is 77.0 Å². The molecule has 6 nitrogen and oxygen atoms in total. The van der Waals surface area contributed by atoms with Gasteiger partial charge in [-0.3, -0.25) is 9.78 Å². The number of nitrogens with one attached hydrogen (secondary N) is 1. The Kier molecular flexibility index (Phi) is 5.88. The molecular weight excluding hydrogens is 393 g/mol. The molecule has 0 spiro atoms. The molecule has 1 N–H and O–H groups in total. The van der Waals surface area contributed by atoms with Gasteiger partial charge >= 0.3 is 6.18 Å². The fourth-order valence-corrected chi connectivity index (χ4v) is 3.22. The minimum Gasteiger partial charge on any atom is -0.468 e. The Balaban J connectivity index is 1.64. The molecule has 0 atom stereocenters. The van der Waals surface area contributed by atoms with Crippen molar-refractivity contribution in [1.82, 2.24) is 20.3 Å². The Morgan fingerprint density at radius 2 is 2.04 bits per heavy atom. The molecule has 0 fully saturated rings. The van der Waals surface area contributed by atoms with Crippen LogP contribution in [0.15, 0.2) is 42.7 Å². The van der Waals surface area contributed by atoms with Crippen molar-refractivity contribution >= 4 is 17.2 Å². The first-order valence-corrected chi connectivity index (χ1v) is 8.95. The number of alkyl halides is 3. The third kappa shape index (κ3) is 5.26. The highest BCUT2D eigenvalue weighted by Crippen LogP contribution is 2.26. The van der Waals surface area contributed by atoms with Crippen molar-refractivity contribution in [3.8, 4) is 16.6 Å². The van der Waals surface area contributed by atoms with Crippen LogP contribution in [-0.2, 0) is 6.54 Å². The van der Waals surface area contributed by atoms with E-state index in [0.29, 0.717) is 26.8 Å². The second-order valence-corrected chi connectivity index (χ2v) is 6.74. The summed E-state index contributed by atoms with van der Waals surface area (Å²) >= 11 is 1.22. The highest BCUT2D eigenvalue weighted by Gasteiger charge is 2.28. The molecule has 0 aliphatic carbocycles. The zero-order valence-corrected chi connectivity index (χ0v) is 15.5. The molecule has 3 aromatic heterocycles. The first-order valence-electron chi connectivity index (χ1n) is 8.13. The number of hydrogen-bond donors (Lipinski definition) is 1. The molecule has 3 rings (SSSR count). The SMILES string of the molecule is Cc1nc(-c2ccccn2)sc1C(=O)NCc1ccnc(OCC(F)(F)F)c1. The van der Waals surface area contributed by atoms with Crippen molar-refractivity contribution in [1.29, 1.82) is 0 Å². The molecule has 3 aromatic rings. The Bertz CT molecular complexity index is 961. The summed E-state index contributed by atoms with van der Waals surface area (Å²) in [7, 11) is 0. The maximum absolute atomic E-state index is 12.5. The third-order valence-corrected chi connectivity index (χ3v) is 4.70. The molecule has 3 heterocycles. The van der Waals surface area contributed by atoms with Crippen molar-refractivity contribution in [3.05, 3.63) is 58.9 Å². The number of ether oxygens (including phenoxy) is 1. The second-order valence-electron chi connectivity index (χ2n) is 5.74. The number of rotatable bonds is 6. The number of carbonyl (C=O) groups is 1. The number of hydrogen-bond acceptors (Lipinski definition) is 6. The Morgan fingerprint density at radius 1 is 1.21 bits per heavy atom. The van der Waals surface area contributed by atoms with Gasteiger partial charge in [0.05, 0.1) is 11.4 Å². The molecule has 0 unspecified atom stereocenters. The molecule has 146 valence electrons. The van der Waals surface area contributed by atoms with E-state index >= 15 is 0 Å². The van der Waals surface area contributed by atoms with Crippen molar-refractivity contribution in [2.24, 2.45) is 0 Å². The van der Waals surface area contributed by atoms with E-state index < -0.39 is 12.8 Å². The van der Waals surface area contributed by atoms with Gasteiger partial charge in [0.2, 0.25) is 5.88 Å². The van der Waals surface area contributed by atoms with E-state index in [-0.39, 0.29) is 18.3 Å². The van der Waals surface area contributed by atoms with Crippen LogP contribution in [0.1, 0.15) is 20.9 Å². The molecule has 28 heavy (non-hydrogen) atoms. The zero-order valence-electron chi connectivity index (χ0n) is 14.7. The maximum atomic E-state index is 12.5. The summed E-state index contributed by atoms with van der Waals surface area (Å²) in [6.45, 7) is 0.416. The number of aromatic nitrogens is 3. The maximum Gasteiger partial charge on any atom is 0.422 e. The highest BCUT2D eigenvalue weighted by molar-refractivity contribution is 7.17. The van der Waals surface area contributed by atoms with E-state index in [1.807, 2.05) is 6.07 Å². The molecule has 0 radical (unpaired) electrons. The van der Waals surface area contributed by atoms with Crippen molar-refractivity contribution in [3.63, 3.8) is 0 Å². The minimum atomic E-state index is -4.44. The lowest BCUT2D eigenvalue weighted by molar-refractivity contribution is -0.154. The van der Waals surface area contributed by atoms with E-state index in [1.165, 1.54) is 23.6 Å². The highest BCUT2D eigenvalue weighted by atomic mass is 32.1. The molecule has 1 amide bonds. The van der Waals surface area contributed by atoms with Gasteiger partial charge in [0, 0.05) is 25.0 Å². The molecule has 0 bridgehead atoms. The summed E-state index contributed by atoms with van der Waals surface area (Å²) in [6, 6.07) is 8.36. The van der Waals surface area contributed by atoms with Crippen molar-refractivity contribution in [2.75, 3.05) is 6.61 Å². The molecule has 0 saturated carbocycles. The van der Waals surface area contributed by atoms with Gasteiger partial charge in [-0.15, -0.1) is 11.3 Å². The minimum absolute atomic E-state index is 0.111. The number of thiazole rings is 1. The van der Waals surface area contributed by atoms with Crippen LogP contribution in [0, 0.1) is 6.92 Å². The predicted molar refractivity (Wildman–Crippen MR) is 97.0 cm³/mol. The van der Waals surface area contributed by atoms with Crippen LogP contribution in [0.4, 0.5) is 13.2 Å². The van der Waals surface area contributed by atoms with Gasteiger partial charge in [0.1, 0.15) is 9.88 Å². The number of carbonyl (C=O) groups excluding carboxylic acids is 1. The van der Waals surface area contributed by atoms with Crippen molar-refractivity contribution in [2.45, 2.75) is 19.6 Å². The van der Waals surface area contributed by atoms with Crippen LogP contribution < -0.4 is 10.1 Å². The van der Waals surface area contributed by atoms with E-state index in [2.05, 4.69) is 25.0 Å². The quantitative estimate of drug-likeness (QED) is 0.672. The fourth-order valence-electron chi connectivity index (χ4n) is 2.26. The van der Waals surface area contributed by atoms with Crippen LogP contribution in [-0.4, -0.2) is 33.6 Å². The smallest absolute Gasteiger partial charge is 0.422 e. The molecule has 0 saturated heterocycles. The van der Waals surface area contributed by atoms with Crippen LogP contribution in [0.5, 0.6) is 5.88 Å². The van der Waals surface area contributed by atoms with E-state index in [0.717, 1.165) is 0 Å². The number of halogens is 3. The summed E-state index contributed by atoms with van der Waals surface area (Å²) in [6.07, 6.45) is -1.47. The fraction of sp³-hybridized carbons (Fsp3) is 0.222. The van der Waals surface area contributed by atoms with E-state index in [4.69, 9.17) is 0 Å². The monoisotopic (exact) mass is 408 g/mol. The standard InChI is InChI=1S/C18H15F3N4O2S/c1-11-15(28-17(25-11)13-4-2-3-6-22-13)16(26)24-9-12-5-7-23-14(8-12)27-10-18(19,20)21/h2-8H,9-10H2,1H3,(H,24,26). The summed E-state index contributed by atoms with van der Waals surface area (Å²) in [5, 5.41) is 3.36. The lowest BCUT2D eigenvalue weighted by Gasteiger charge is -2.09. The van der Waals surface area contributed by atoms with E-state index in [1.54, 1.807) is 31.3 Å². The summed E-state index contributed by atoms with van der Waals surface area (Å²) in [5.41, 5.74) is 1.81. The van der Waals surface area contributed by atoms with Gasteiger partial charge in [-0.25, -0.2) is 9.97 Å². The summed E-state index contributed by atoms with van der Waals surface area (Å²) < 4.78 is 41.3. The molecular formula is C18H15F3N4O2S. The van der Waals surface area contributed by atoms with Gasteiger partial charge in [0.25, 0.3) is 5.91 Å².